The number of amides is 2. The average Bonchev–Trinajstić information content (AvgIpc) is 3.34. The number of esters is 1. The van der Waals surface area contributed by atoms with Crippen molar-refractivity contribution in [2.24, 2.45) is 23.7 Å². The second-order valence-corrected chi connectivity index (χ2v) is 10.2. The van der Waals surface area contributed by atoms with Gasteiger partial charge in [0.1, 0.15) is 0 Å². The van der Waals surface area contributed by atoms with Crippen molar-refractivity contribution in [1.82, 2.24) is 5.06 Å². The van der Waals surface area contributed by atoms with Gasteiger partial charge in [0.2, 0.25) is 0 Å². The van der Waals surface area contributed by atoms with Crippen LogP contribution in [0, 0.1) is 23.7 Å². The monoisotopic (exact) mass is 591 g/mol. The highest BCUT2D eigenvalue weighted by Crippen LogP contribution is 2.53. The third-order valence-electron chi connectivity index (χ3n) is 5.82. The molecule has 2 amide bonds. The largest absolute Gasteiger partial charge is 0.424 e. The van der Waals surface area contributed by atoms with Gasteiger partial charge in [-0.2, -0.15) is 0 Å². The van der Waals surface area contributed by atoms with Crippen LogP contribution in [0.2, 0.25) is 0 Å². The van der Waals surface area contributed by atoms with Crippen molar-refractivity contribution in [2.45, 2.75) is 32.1 Å². The van der Waals surface area contributed by atoms with Crippen LogP contribution in [0.25, 0.3) is 0 Å². The second-order valence-electron chi connectivity index (χ2n) is 7.55. The van der Waals surface area contributed by atoms with Crippen LogP contribution < -0.4 is 4.74 Å². The lowest BCUT2D eigenvalue weighted by atomic mass is 9.82. The number of nitrogens with zero attached hydrogens (tertiary/aromatic N) is 1. The van der Waals surface area contributed by atoms with Gasteiger partial charge in [0.05, 0.1) is 20.8 Å². The van der Waals surface area contributed by atoms with Crippen molar-refractivity contribution < 1.29 is 28.8 Å². The highest BCUT2D eigenvalue weighted by Gasteiger charge is 2.53. The van der Waals surface area contributed by atoms with Crippen LogP contribution in [0.4, 0.5) is 0 Å². The van der Waals surface area contributed by atoms with Gasteiger partial charge in [0.25, 0.3) is 11.8 Å². The van der Waals surface area contributed by atoms with Crippen molar-refractivity contribution >= 4 is 71.5 Å². The van der Waals surface area contributed by atoms with Crippen LogP contribution >= 0.6 is 47.8 Å². The molecule has 1 aromatic rings. The molecule has 0 aromatic heterocycles. The summed E-state index contributed by atoms with van der Waals surface area (Å²) in [5.74, 6) is -2.14. The van der Waals surface area contributed by atoms with E-state index in [4.69, 9.17) is 9.57 Å². The number of halogens is 3. The molecule has 2 bridgehead atoms. The molecule has 0 spiro atoms. The van der Waals surface area contributed by atoms with Crippen molar-refractivity contribution in [2.75, 3.05) is 0 Å². The van der Waals surface area contributed by atoms with Crippen LogP contribution in [-0.4, -0.2) is 28.8 Å². The number of hydroxylamine groups is 2. The fraction of sp³-hybridized carbons (Fsp3) is 0.474. The van der Waals surface area contributed by atoms with E-state index in [1.165, 1.54) is 0 Å². The fourth-order valence-electron chi connectivity index (χ4n) is 4.47. The minimum Gasteiger partial charge on any atom is -0.424 e. The molecule has 7 nitrogen and oxygen atoms in total. The zero-order valence-electron chi connectivity index (χ0n) is 15.0. The van der Waals surface area contributed by atoms with Gasteiger partial charge in [-0.1, -0.05) is 15.9 Å². The predicted molar refractivity (Wildman–Crippen MR) is 110 cm³/mol. The van der Waals surface area contributed by atoms with Crippen molar-refractivity contribution in [3.05, 3.63) is 25.6 Å². The number of carbonyl (C=O) groups is 4. The Bertz CT molecular complexity index is 880. The van der Waals surface area contributed by atoms with E-state index >= 15 is 0 Å². The number of ether oxygens (including phenoxy) is 1. The summed E-state index contributed by atoms with van der Waals surface area (Å²) in [5.41, 5.74) is 0. The summed E-state index contributed by atoms with van der Waals surface area (Å²) in [4.78, 5) is 53.6. The number of hydrogen-bond donors (Lipinski definition) is 0. The molecule has 1 heterocycles. The molecule has 0 radical (unpaired) electrons. The van der Waals surface area contributed by atoms with E-state index in [0.29, 0.717) is 32.6 Å². The lowest BCUT2D eigenvalue weighted by molar-refractivity contribution is -0.202. The van der Waals surface area contributed by atoms with Crippen LogP contribution in [0.3, 0.4) is 0 Å². The Balaban J connectivity index is 1.38. The predicted octanol–water partition coefficient (Wildman–Crippen LogP) is 4.15. The molecule has 1 aromatic carbocycles. The van der Waals surface area contributed by atoms with Crippen LogP contribution in [0.5, 0.6) is 5.75 Å². The van der Waals surface area contributed by atoms with Gasteiger partial charge in [-0.3, -0.25) is 14.4 Å². The summed E-state index contributed by atoms with van der Waals surface area (Å²) in [5, 5.41) is 0.586. The maximum absolute atomic E-state index is 12.7. The van der Waals surface area contributed by atoms with Crippen LogP contribution in [-0.2, 0) is 24.0 Å². The smallest absolute Gasteiger partial charge is 0.336 e. The Morgan fingerprint density at radius 2 is 1.38 bits per heavy atom. The van der Waals surface area contributed by atoms with E-state index < -0.39 is 23.7 Å². The first kappa shape index (κ1) is 21.0. The first-order valence-electron chi connectivity index (χ1n) is 9.18. The number of carbonyl (C=O) groups excluding carboxylic acids is 4. The lowest BCUT2D eigenvalue weighted by Gasteiger charge is -2.26. The summed E-state index contributed by atoms with van der Waals surface area (Å²) in [6.07, 6.45) is 1.87. The first-order chi connectivity index (χ1) is 13.7. The van der Waals surface area contributed by atoms with E-state index in [1.807, 2.05) is 0 Å². The maximum Gasteiger partial charge on any atom is 0.336 e. The zero-order chi connectivity index (χ0) is 20.9. The topological polar surface area (TPSA) is 90.0 Å². The number of benzene rings is 1. The van der Waals surface area contributed by atoms with Crippen molar-refractivity contribution in [3.8, 4) is 5.75 Å². The average molecular weight is 594 g/mol. The van der Waals surface area contributed by atoms with Gasteiger partial charge in [0.15, 0.2) is 5.75 Å². The summed E-state index contributed by atoms with van der Waals surface area (Å²) < 4.78 is 7.77. The normalized spacial score (nSPS) is 28.2. The minimum atomic E-state index is -0.564. The van der Waals surface area contributed by atoms with Gasteiger partial charge in [-0.25, -0.2) is 4.79 Å². The van der Waals surface area contributed by atoms with E-state index in [2.05, 4.69) is 47.8 Å². The van der Waals surface area contributed by atoms with E-state index in [-0.39, 0.29) is 36.6 Å². The van der Waals surface area contributed by atoms with E-state index in [9.17, 15) is 19.2 Å². The number of rotatable bonds is 4. The standard InChI is InChI=1S/C19H16Br3NO6/c20-10-6-13(21)17(14(22)7-10)28-18(26)11-4-9-3-8(11)5-12(9)19(27)29-23-15(24)1-2-16(23)25/h6-9,11-12H,1-5H2. The summed E-state index contributed by atoms with van der Waals surface area (Å²) in [7, 11) is 0. The number of imide groups is 1. The highest BCUT2D eigenvalue weighted by molar-refractivity contribution is 9.11. The molecule has 10 heteroatoms. The highest BCUT2D eigenvalue weighted by atomic mass is 79.9. The second kappa shape index (κ2) is 8.11. The molecule has 3 fully saturated rings. The van der Waals surface area contributed by atoms with Crippen LogP contribution in [0.1, 0.15) is 32.1 Å². The first-order valence-corrected chi connectivity index (χ1v) is 11.6. The van der Waals surface area contributed by atoms with Gasteiger partial charge in [-0.15, -0.1) is 5.06 Å². The third kappa shape index (κ3) is 4.03. The Kier molecular flexibility index (Phi) is 5.87. The molecular formula is C19H16Br3NO6. The minimum absolute atomic E-state index is 0.0167. The van der Waals surface area contributed by atoms with Gasteiger partial charge in [0, 0.05) is 17.3 Å². The Labute approximate surface area is 191 Å². The van der Waals surface area contributed by atoms with Crippen molar-refractivity contribution in [3.63, 3.8) is 0 Å². The number of hydrogen-bond acceptors (Lipinski definition) is 6. The molecular weight excluding hydrogens is 578 g/mol. The van der Waals surface area contributed by atoms with E-state index in [0.717, 1.165) is 10.9 Å². The van der Waals surface area contributed by atoms with Crippen LogP contribution in [0.15, 0.2) is 25.6 Å². The van der Waals surface area contributed by atoms with E-state index in [1.54, 1.807) is 12.1 Å². The lowest BCUT2D eigenvalue weighted by Crippen LogP contribution is -2.37. The van der Waals surface area contributed by atoms with Gasteiger partial charge < -0.3 is 9.57 Å². The molecule has 3 aliphatic rings. The molecule has 154 valence electrons. The fourth-order valence-corrected chi connectivity index (χ4v) is 6.89. The van der Waals surface area contributed by atoms with Gasteiger partial charge >= 0.3 is 11.9 Å². The summed E-state index contributed by atoms with van der Waals surface area (Å²) in [6.45, 7) is 0. The molecule has 4 rings (SSSR count). The summed E-state index contributed by atoms with van der Waals surface area (Å²) in [6, 6.07) is 3.59. The molecule has 2 saturated carbocycles. The quantitative estimate of drug-likeness (QED) is 0.296. The maximum atomic E-state index is 12.7. The molecule has 2 aliphatic carbocycles. The molecule has 0 N–H and O–H groups in total. The Morgan fingerprint density at radius 1 is 0.862 bits per heavy atom. The molecule has 29 heavy (non-hydrogen) atoms. The molecule has 4 atom stereocenters. The Morgan fingerprint density at radius 3 is 1.90 bits per heavy atom. The van der Waals surface area contributed by atoms with Crippen molar-refractivity contribution in [1.29, 1.82) is 0 Å². The Hall–Kier alpha value is -1.26. The number of fused-ring (bicyclic) bond motifs is 2. The van der Waals surface area contributed by atoms with Gasteiger partial charge in [-0.05, 0) is 75.1 Å². The molecule has 1 saturated heterocycles. The summed E-state index contributed by atoms with van der Waals surface area (Å²) >= 11 is 10.2. The zero-order valence-corrected chi connectivity index (χ0v) is 19.8. The SMILES string of the molecule is O=C(Oc1c(Br)cc(Br)cc1Br)C1CC2CC1CC2C(=O)ON1C(=O)CCC1=O. The third-order valence-corrected chi connectivity index (χ3v) is 7.45. The molecule has 4 unspecified atom stereocenters. The molecule has 1 aliphatic heterocycles.